The van der Waals surface area contributed by atoms with E-state index >= 15 is 0 Å². The number of amides is 1. The maximum atomic E-state index is 12.8. The highest BCUT2D eigenvalue weighted by molar-refractivity contribution is 9.10. The van der Waals surface area contributed by atoms with Gasteiger partial charge < -0.3 is 15.4 Å². The molecule has 1 amide bonds. The number of hydrogen-bond acceptors (Lipinski definition) is 3. The summed E-state index contributed by atoms with van der Waals surface area (Å²) in [5, 5.41) is 0. The van der Waals surface area contributed by atoms with E-state index in [0.717, 1.165) is 12.8 Å². The zero-order valence-electron chi connectivity index (χ0n) is 11.3. The normalized spacial score (nSPS) is 26.1. The number of nitrogen functional groups attached to an aromatic ring is 1. The van der Waals surface area contributed by atoms with E-state index < -0.39 is 0 Å². The predicted octanol–water partition coefficient (Wildman–Crippen LogP) is 2.81. The van der Waals surface area contributed by atoms with Gasteiger partial charge in [0, 0.05) is 12.2 Å². The molecule has 2 unspecified atom stereocenters. The Kier molecular flexibility index (Phi) is 3.98. The first-order chi connectivity index (χ1) is 9.68. The number of carbonyl (C=O) groups is 1. The topological polar surface area (TPSA) is 55.6 Å². The summed E-state index contributed by atoms with van der Waals surface area (Å²) in [4.78, 5) is 14.8. The Morgan fingerprint density at radius 1 is 1.35 bits per heavy atom. The van der Waals surface area contributed by atoms with E-state index in [1.165, 1.54) is 12.8 Å². The molecule has 0 radical (unpaired) electrons. The third kappa shape index (κ3) is 2.44. The molecule has 20 heavy (non-hydrogen) atoms. The largest absolute Gasteiger partial charge is 0.398 e. The fourth-order valence-corrected chi connectivity index (χ4v) is 3.65. The van der Waals surface area contributed by atoms with Gasteiger partial charge in [0.15, 0.2) is 0 Å². The first kappa shape index (κ1) is 13.9. The van der Waals surface area contributed by atoms with Crippen molar-refractivity contribution >= 4 is 27.5 Å². The molecule has 1 aromatic carbocycles. The van der Waals surface area contributed by atoms with E-state index in [2.05, 4.69) is 15.9 Å². The Bertz CT molecular complexity index is 519. The SMILES string of the molecule is Nc1cccc(C(=O)N2CCOC3CCCCC32)c1Br. The second kappa shape index (κ2) is 5.74. The van der Waals surface area contributed by atoms with E-state index in [9.17, 15) is 4.79 Å². The molecule has 2 fully saturated rings. The van der Waals surface area contributed by atoms with Crippen LogP contribution >= 0.6 is 15.9 Å². The molecule has 1 aliphatic heterocycles. The number of ether oxygens (including phenoxy) is 1. The second-order valence-corrected chi connectivity index (χ2v) is 6.26. The molecule has 1 heterocycles. The number of rotatable bonds is 1. The second-order valence-electron chi connectivity index (χ2n) is 5.47. The average Bonchev–Trinajstić information content (AvgIpc) is 2.49. The van der Waals surface area contributed by atoms with Gasteiger partial charge in [0.2, 0.25) is 0 Å². The van der Waals surface area contributed by atoms with E-state index in [1.807, 2.05) is 17.0 Å². The predicted molar refractivity (Wildman–Crippen MR) is 81.6 cm³/mol. The van der Waals surface area contributed by atoms with Crippen molar-refractivity contribution in [1.82, 2.24) is 4.90 Å². The van der Waals surface area contributed by atoms with Crippen molar-refractivity contribution in [2.24, 2.45) is 0 Å². The number of nitrogens with zero attached hydrogens (tertiary/aromatic N) is 1. The minimum atomic E-state index is 0.0596. The molecule has 2 aliphatic rings. The molecule has 5 heteroatoms. The zero-order chi connectivity index (χ0) is 14.1. The molecule has 108 valence electrons. The maximum Gasteiger partial charge on any atom is 0.255 e. The van der Waals surface area contributed by atoms with Crippen LogP contribution in [0.25, 0.3) is 0 Å². The van der Waals surface area contributed by atoms with Gasteiger partial charge >= 0.3 is 0 Å². The van der Waals surface area contributed by atoms with Crippen LogP contribution in [-0.2, 0) is 4.74 Å². The molecule has 1 saturated heterocycles. The summed E-state index contributed by atoms with van der Waals surface area (Å²) < 4.78 is 6.52. The van der Waals surface area contributed by atoms with Crippen LogP contribution in [0.15, 0.2) is 22.7 Å². The first-order valence-corrected chi connectivity index (χ1v) is 7.94. The van der Waals surface area contributed by atoms with Crippen molar-refractivity contribution in [3.8, 4) is 0 Å². The molecule has 2 N–H and O–H groups in total. The summed E-state index contributed by atoms with van der Waals surface area (Å²) in [6.07, 6.45) is 4.68. The molecule has 1 aromatic rings. The maximum absolute atomic E-state index is 12.8. The fraction of sp³-hybridized carbons (Fsp3) is 0.533. The van der Waals surface area contributed by atoms with Gasteiger partial charge in [-0.05, 0) is 40.9 Å². The van der Waals surface area contributed by atoms with Crippen molar-refractivity contribution in [2.75, 3.05) is 18.9 Å². The molecular weight excluding hydrogens is 320 g/mol. The van der Waals surface area contributed by atoms with Gasteiger partial charge in [-0.15, -0.1) is 0 Å². The minimum Gasteiger partial charge on any atom is -0.398 e. The smallest absolute Gasteiger partial charge is 0.255 e. The minimum absolute atomic E-state index is 0.0596. The molecule has 0 spiro atoms. The molecule has 2 atom stereocenters. The van der Waals surface area contributed by atoms with Crippen LogP contribution in [0.3, 0.4) is 0 Å². The number of nitrogens with two attached hydrogens (primary N) is 1. The van der Waals surface area contributed by atoms with Crippen molar-refractivity contribution < 1.29 is 9.53 Å². The number of fused-ring (bicyclic) bond motifs is 1. The van der Waals surface area contributed by atoms with Crippen LogP contribution in [0.1, 0.15) is 36.0 Å². The van der Waals surface area contributed by atoms with Gasteiger partial charge in [-0.2, -0.15) is 0 Å². The number of morpholine rings is 1. The highest BCUT2D eigenvalue weighted by atomic mass is 79.9. The van der Waals surface area contributed by atoms with E-state index in [4.69, 9.17) is 10.5 Å². The standard InChI is InChI=1S/C15H19BrN2O2/c16-14-10(4-3-5-11(14)17)15(19)18-8-9-20-13-7-2-1-6-12(13)18/h3-5,12-13H,1-2,6-9,17H2. The molecule has 4 nitrogen and oxygen atoms in total. The Labute approximate surface area is 127 Å². The van der Waals surface area contributed by atoms with Crippen LogP contribution in [0.5, 0.6) is 0 Å². The van der Waals surface area contributed by atoms with Gasteiger partial charge in [0.1, 0.15) is 0 Å². The van der Waals surface area contributed by atoms with Crippen LogP contribution in [-0.4, -0.2) is 36.1 Å². The van der Waals surface area contributed by atoms with Gasteiger partial charge in [0.25, 0.3) is 5.91 Å². The summed E-state index contributed by atoms with van der Waals surface area (Å²) >= 11 is 3.43. The van der Waals surface area contributed by atoms with Gasteiger partial charge in [-0.1, -0.05) is 18.9 Å². The highest BCUT2D eigenvalue weighted by Gasteiger charge is 2.37. The van der Waals surface area contributed by atoms with Gasteiger partial charge in [0.05, 0.1) is 28.8 Å². The summed E-state index contributed by atoms with van der Waals surface area (Å²) in [7, 11) is 0. The fourth-order valence-electron chi connectivity index (χ4n) is 3.22. The van der Waals surface area contributed by atoms with E-state index in [1.54, 1.807) is 6.07 Å². The number of carbonyl (C=O) groups excluding carboxylic acids is 1. The molecule has 1 saturated carbocycles. The lowest BCUT2D eigenvalue weighted by molar-refractivity contribution is -0.0753. The Hall–Kier alpha value is -1.07. The van der Waals surface area contributed by atoms with Crippen molar-refractivity contribution in [1.29, 1.82) is 0 Å². The van der Waals surface area contributed by atoms with E-state index in [0.29, 0.717) is 28.9 Å². The number of halogens is 1. The van der Waals surface area contributed by atoms with Gasteiger partial charge in [-0.3, -0.25) is 4.79 Å². The molecular formula is C15H19BrN2O2. The summed E-state index contributed by atoms with van der Waals surface area (Å²) in [6, 6.07) is 5.67. The third-order valence-corrected chi connectivity index (χ3v) is 5.14. The summed E-state index contributed by atoms with van der Waals surface area (Å²) in [5.74, 6) is 0.0596. The lowest BCUT2D eigenvalue weighted by Gasteiger charge is -2.43. The Morgan fingerprint density at radius 3 is 3.00 bits per heavy atom. The van der Waals surface area contributed by atoms with Crippen LogP contribution in [0.4, 0.5) is 5.69 Å². The van der Waals surface area contributed by atoms with Crippen LogP contribution < -0.4 is 5.73 Å². The quantitative estimate of drug-likeness (QED) is 0.801. The lowest BCUT2D eigenvalue weighted by atomic mass is 9.89. The first-order valence-electron chi connectivity index (χ1n) is 7.15. The molecule has 3 rings (SSSR count). The average molecular weight is 339 g/mol. The summed E-state index contributed by atoms with van der Waals surface area (Å²) in [6.45, 7) is 1.30. The zero-order valence-corrected chi connectivity index (χ0v) is 12.9. The van der Waals surface area contributed by atoms with Crippen molar-refractivity contribution in [2.45, 2.75) is 37.8 Å². The number of hydrogen-bond donors (Lipinski definition) is 1. The van der Waals surface area contributed by atoms with E-state index in [-0.39, 0.29) is 18.1 Å². The monoisotopic (exact) mass is 338 g/mol. The molecule has 0 aromatic heterocycles. The number of anilines is 1. The Balaban J connectivity index is 1.87. The van der Waals surface area contributed by atoms with Crippen LogP contribution in [0, 0.1) is 0 Å². The van der Waals surface area contributed by atoms with Crippen molar-refractivity contribution in [3.63, 3.8) is 0 Å². The van der Waals surface area contributed by atoms with Crippen LogP contribution in [0.2, 0.25) is 0 Å². The Morgan fingerprint density at radius 2 is 2.15 bits per heavy atom. The molecule has 0 bridgehead atoms. The highest BCUT2D eigenvalue weighted by Crippen LogP contribution is 2.31. The van der Waals surface area contributed by atoms with Gasteiger partial charge in [-0.25, -0.2) is 0 Å². The lowest BCUT2D eigenvalue weighted by Crippen LogP contribution is -2.54. The molecule has 1 aliphatic carbocycles. The number of benzene rings is 1. The third-order valence-electron chi connectivity index (χ3n) is 4.25. The van der Waals surface area contributed by atoms with Crippen molar-refractivity contribution in [3.05, 3.63) is 28.2 Å². The summed E-state index contributed by atoms with van der Waals surface area (Å²) in [5.41, 5.74) is 7.13.